The quantitative estimate of drug-likeness (QED) is 0.767. The molecule has 0 spiro atoms. The molecule has 1 aromatic carbocycles. The largest absolute Gasteiger partial charge is 0.418 e. The molecule has 3 N–H and O–H groups in total. The van der Waals surface area contributed by atoms with E-state index in [1.165, 1.54) is 11.0 Å². The van der Waals surface area contributed by atoms with E-state index in [-0.39, 0.29) is 37.5 Å². The molecule has 0 radical (unpaired) electrons. The number of nitrogens with zero attached hydrogens (tertiary/aromatic N) is 1. The standard InChI is InChI=1S/C13H14F3N3O2/c14-13(15,16)9-7-8(1-2-10(9)17)12(21)19-5-3-11(20)18-4-6-19/h1-2,7H,3-6,17H2,(H,18,20). The highest BCUT2D eigenvalue weighted by atomic mass is 19.4. The van der Waals surface area contributed by atoms with Crippen molar-refractivity contribution in [1.29, 1.82) is 0 Å². The second-order valence-electron chi connectivity index (χ2n) is 4.69. The lowest BCUT2D eigenvalue weighted by Crippen LogP contribution is -2.34. The summed E-state index contributed by atoms with van der Waals surface area (Å²) in [6.45, 7) is 0.721. The van der Waals surface area contributed by atoms with Gasteiger partial charge in [0.25, 0.3) is 5.91 Å². The van der Waals surface area contributed by atoms with E-state index in [1.807, 2.05) is 0 Å². The number of nitrogens with one attached hydrogen (secondary N) is 1. The maximum atomic E-state index is 12.8. The van der Waals surface area contributed by atoms with Crippen LogP contribution in [0.1, 0.15) is 22.3 Å². The zero-order chi connectivity index (χ0) is 15.6. The van der Waals surface area contributed by atoms with Crippen molar-refractivity contribution in [3.63, 3.8) is 0 Å². The van der Waals surface area contributed by atoms with Gasteiger partial charge in [-0.2, -0.15) is 13.2 Å². The summed E-state index contributed by atoms with van der Waals surface area (Å²) in [5.41, 5.74) is 3.75. The van der Waals surface area contributed by atoms with Crippen molar-refractivity contribution in [3.8, 4) is 0 Å². The average Bonchev–Trinajstić information content (AvgIpc) is 2.62. The Hall–Kier alpha value is -2.25. The van der Waals surface area contributed by atoms with Gasteiger partial charge in [0, 0.05) is 37.3 Å². The number of amides is 2. The van der Waals surface area contributed by atoms with Gasteiger partial charge in [0.05, 0.1) is 5.56 Å². The predicted molar refractivity (Wildman–Crippen MR) is 69.4 cm³/mol. The summed E-state index contributed by atoms with van der Waals surface area (Å²) in [7, 11) is 0. The smallest absolute Gasteiger partial charge is 0.398 e. The Morgan fingerprint density at radius 3 is 2.67 bits per heavy atom. The van der Waals surface area contributed by atoms with Gasteiger partial charge in [-0.05, 0) is 18.2 Å². The molecule has 5 nitrogen and oxygen atoms in total. The number of hydrogen-bond acceptors (Lipinski definition) is 3. The molecule has 1 saturated heterocycles. The molecule has 1 fully saturated rings. The Balaban J connectivity index is 2.25. The highest BCUT2D eigenvalue weighted by Crippen LogP contribution is 2.34. The van der Waals surface area contributed by atoms with Crippen LogP contribution >= 0.6 is 0 Å². The van der Waals surface area contributed by atoms with Gasteiger partial charge in [-0.15, -0.1) is 0 Å². The fraction of sp³-hybridized carbons (Fsp3) is 0.385. The number of anilines is 1. The summed E-state index contributed by atoms with van der Waals surface area (Å²) >= 11 is 0. The third-order valence-electron chi connectivity index (χ3n) is 3.21. The van der Waals surface area contributed by atoms with Crippen LogP contribution in [0.5, 0.6) is 0 Å². The number of nitrogens with two attached hydrogens (primary N) is 1. The maximum absolute atomic E-state index is 12.8. The van der Waals surface area contributed by atoms with Crippen LogP contribution in [-0.4, -0.2) is 36.3 Å². The Morgan fingerprint density at radius 1 is 1.29 bits per heavy atom. The molecule has 8 heteroatoms. The Kier molecular flexibility index (Phi) is 4.06. The van der Waals surface area contributed by atoms with Gasteiger partial charge in [-0.1, -0.05) is 0 Å². The molecule has 1 aliphatic heterocycles. The molecule has 0 unspecified atom stereocenters. The lowest BCUT2D eigenvalue weighted by atomic mass is 10.1. The molecule has 1 aromatic rings. The van der Waals surface area contributed by atoms with Crippen molar-refractivity contribution in [2.24, 2.45) is 0 Å². The van der Waals surface area contributed by atoms with Gasteiger partial charge in [-0.3, -0.25) is 9.59 Å². The second kappa shape index (κ2) is 5.63. The van der Waals surface area contributed by atoms with Crippen molar-refractivity contribution in [3.05, 3.63) is 29.3 Å². The minimum Gasteiger partial charge on any atom is -0.398 e. The van der Waals surface area contributed by atoms with E-state index in [9.17, 15) is 22.8 Å². The van der Waals surface area contributed by atoms with Crippen LogP contribution in [0, 0.1) is 0 Å². The topological polar surface area (TPSA) is 75.4 Å². The highest BCUT2D eigenvalue weighted by Gasteiger charge is 2.34. The molecule has 2 rings (SSSR count). The molecule has 21 heavy (non-hydrogen) atoms. The van der Waals surface area contributed by atoms with Gasteiger partial charge in [0.2, 0.25) is 5.91 Å². The van der Waals surface area contributed by atoms with Gasteiger partial charge < -0.3 is 16.0 Å². The van der Waals surface area contributed by atoms with E-state index in [0.717, 1.165) is 12.1 Å². The number of carbonyl (C=O) groups excluding carboxylic acids is 2. The molecule has 1 aliphatic rings. The van der Waals surface area contributed by atoms with Crippen LogP contribution in [0.3, 0.4) is 0 Å². The normalized spacial score (nSPS) is 16.3. The average molecular weight is 301 g/mol. The highest BCUT2D eigenvalue weighted by molar-refractivity contribution is 5.95. The SMILES string of the molecule is Nc1ccc(C(=O)N2CCNC(=O)CC2)cc1C(F)(F)F. The van der Waals surface area contributed by atoms with E-state index in [0.29, 0.717) is 0 Å². The summed E-state index contributed by atoms with van der Waals surface area (Å²) in [6.07, 6.45) is -4.48. The number of carbonyl (C=O) groups is 2. The van der Waals surface area contributed by atoms with Crippen LogP contribution in [0.15, 0.2) is 18.2 Å². The molecule has 114 valence electrons. The lowest BCUT2D eigenvalue weighted by molar-refractivity contribution is -0.137. The first-order valence-electron chi connectivity index (χ1n) is 6.32. The number of benzene rings is 1. The van der Waals surface area contributed by atoms with Crippen molar-refractivity contribution >= 4 is 17.5 Å². The van der Waals surface area contributed by atoms with Crippen LogP contribution in [0.4, 0.5) is 18.9 Å². The van der Waals surface area contributed by atoms with E-state index < -0.39 is 23.3 Å². The van der Waals surface area contributed by atoms with E-state index >= 15 is 0 Å². The molecule has 1 heterocycles. The zero-order valence-corrected chi connectivity index (χ0v) is 11.0. The van der Waals surface area contributed by atoms with E-state index in [2.05, 4.69) is 5.32 Å². The minimum absolute atomic E-state index is 0.0918. The molecule has 0 saturated carbocycles. The van der Waals surface area contributed by atoms with E-state index in [4.69, 9.17) is 5.73 Å². The molecule has 0 aromatic heterocycles. The van der Waals surface area contributed by atoms with Gasteiger partial charge in [-0.25, -0.2) is 0 Å². The van der Waals surface area contributed by atoms with Gasteiger partial charge in [0.15, 0.2) is 0 Å². The third kappa shape index (κ3) is 3.45. The number of nitrogen functional groups attached to an aromatic ring is 1. The molecule has 0 atom stereocenters. The zero-order valence-electron chi connectivity index (χ0n) is 11.0. The molecular formula is C13H14F3N3O2. The van der Waals surface area contributed by atoms with E-state index in [1.54, 1.807) is 0 Å². The minimum atomic E-state index is -4.61. The number of rotatable bonds is 1. The fourth-order valence-electron chi connectivity index (χ4n) is 2.09. The van der Waals surface area contributed by atoms with Crippen LogP contribution in [0.2, 0.25) is 0 Å². The lowest BCUT2D eigenvalue weighted by Gasteiger charge is -2.20. The first kappa shape index (κ1) is 15.1. The van der Waals surface area contributed by atoms with Crippen molar-refractivity contribution in [2.45, 2.75) is 12.6 Å². The summed E-state index contributed by atoms with van der Waals surface area (Å²) in [4.78, 5) is 24.8. The second-order valence-corrected chi connectivity index (χ2v) is 4.69. The molecule has 0 aliphatic carbocycles. The van der Waals surface area contributed by atoms with Gasteiger partial charge >= 0.3 is 6.18 Å². The number of alkyl halides is 3. The molecule has 0 bridgehead atoms. The molecule has 2 amide bonds. The number of hydrogen-bond donors (Lipinski definition) is 2. The maximum Gasteiger partial charge on any atom is 0.418 e. The van der Waals surface area contributed by atoms with Crippen LogP contribution in [0.25, 0.3) is 0 Å². The van der Waals surface area contributed by atoms with Crippen molar-refractivity contribution in [1.82, 2.24) is 10.2 Å². The monoisotopic (exact) mass is 301 g/mol. The van der Waals surface area contributed by atoms with Crippen molar-refractivity contribution < 1.29 is 22.8 Å². The Morgan fingerprint density at radius 2 is 2.00 bits per heavy atom. The third-order valence-corrected chi connectivity index (χ3v) is 3.21. The Bertz CT molecular complexity index is 572. The summed E-state index contributed by atoms with van der Waals surface area (Å²) < 4.78 is 38.4. The van der Waals surface area contributed by atoms with Crippen molar-refractivity contribution in [2.75, 3.05) is 25.4 Å². The predicted octanol–water partition coefficient (Wildman–Crippen LogP) is 1.25. The fourth-order valence-corrected chi connectivity index (χ4v) is 2.09. The van der Waals surface area contributed by atoms with Crippen LogP contribution in [-0.2, 0) is 11.0 Å². The Labute approximate surface area is 118 Å². The first-order chi connectivity index (χ1) is 9.79. The summed E-state index contributed by atoms with van der Waals surface area (Å²) in [5, 5.41) is 2.59. The molecular weight excluding hydrogens is 287 g/mol. The van der Waals surface area contributed by atoms with Crippen LogP contribution < -0.4 is 11.1 Å². The van der Waals surface area contributed by atoms with Gasteiger partial charge in [0.1, 0.15) is 0 Å². The number of halogens is 3. The summed E-state index contributed by atoms with van der Waals surface area (Å²) in [6, 6.07) is 3.07. The first-order valence-corrected chi connectivity index (χ1v) is 6.32. The summed E-state index contributed by atoms with van der Waals surface area (Å²) in [5.74, 6) is -0.726.